The molecule has 37 heavy (non-hydrogen) atoms. The van der Waals surface area contributed by atoms with Gasteiger partial charge in [0.2, 0.25) is 0 Å². The number of benzene rings is 2. The summed E-state index contributed by atoms with van der Waals surface area (Å²) in [5.41, 5.74) is 2.31. The lowest BCUT2D eigenvalue weighted by Crippen LogP contribution is -2.41. The number of rotatable bonds is 9. The minimum atomic E-state index is -0.269. The maximum absolute atomic E-state index is 13.4. The number of tetrazole rings is 1. The molecule has 1 fully saturated rings. The molecule has 1 atom stereocenters. The van der Waals surface area contributed by atoms with Crippen LogP contribution in [-0.4, -0.2) is 43.2 Å². The molecule has 1 N–H and O–H groups in total. The lowest BCUT2D eigenvalue weighted by Gasteiger charge is -2.39. The van der Waals surface area contributed by atoms with Crippen LogP contribution in [0.25, 0.3) is 10.9 Å². The van der Waals surface area contributed by atoms with Crippen molar-refractivity contribution in [2.75, 3.05) is 7.11 Å². The zero-order valence-electron chi connectivity index (χ0n) is 21.4. The molecule has 1 saturated carbocycles. The Bertz CT molecular complexity index is 1390. The van der Waals surface area contributed by atoms with Gasteiger partial charge in [0.15, 0.2) is 5.82 Å². The van der Waals surface area contributed by atoms with Crippen LogP contribution >= 0.6 is 0 Å². The number of ether oxygens (including phenoxy) is 1. The molecule has 1 aliphatic carbocycles. The average molecular weight is 505 g/mol. The Labute approximate surface area is 215 Å². The Hall–Kier alpha value is -3.59. The second-order valence-corrected chi connectivity index (χ2v) is 9.79. The number of nitrogens with zero attached hydrogens (tertiary/aromatic N) is 5. The van der Waals surface area contributed by atoms with Crippen molar-refractivity contribution in [1.82, 2.24) is 30.1 Å². The summed E-state index contributed by atoms with van der Waals surface area (Å²) in [5.74, 6) is 1.20. The summed E-state index contributed by atoms with van der Waals surface area (Å²) in [4.78, 5) is 18.7. The number of methoxy groups -OCH3 is 1. The Morgan fingerprint density at radius 3 is 2.65 bits per heavy atom. The molecule has 8 nitrogen and oxygen atoms in total. The minimum Gasteiger partial charge on any atom is -0.497 e. The Morgan fingerprint density at radius 1 is 1.14 bits per heavy atom. The minimum absolute atomic E-state index is 0.0653. The molecule has 1 aliphatic rings. The summed E-state index contributed by atoms with van der Waals surface area (Å²) in [6.07, 6.45) is 6.54. The summed E-state index contributed by atoms with van der Waals surface area (Å²) in [6, 6.07) is 14.4. The Balaban J connectivity index is 1.49. The number of halogens is 1. The van der Waals surface area contributed by atoms with E-state index in [0.717, 1.165) is 47.1 Å². The van der Waals surface area contributed by atoms with Crippen LogP contribution in [0.2, 0.25) is 0 Å². The van der Waals surface area contributed by atoms with Gasteiger partial charge in [-0.2, -0.15) is 0 Å². The molecule has 9 heteroatoms. The van der Waals surface area contributed by atoms with E-state index in [-0.39, 0.29) is 17.4 Å². The van der Waals surface area contributed by atoms with Crippen LogP contribution < -0.4 is 10.3 Å². The van der Waals surface area contributed by atoms with E-state index in [1.807, 2.05) is 24.3 Å². The van der Waals surface area contributed by atoms with Gasteiger partial charge in [0.25, 0.3) is 5.56 Å². The Morgan fingerprint density at radius 2 is 1.92 bits per heavy atom. The molecule has 4 aromatic rings. The fourth-order valence-corrected chi connectivity index (χ4v) is 5.46. The molecule has 2 aromatic carbocycles. The van der Waals surface area contributed by atoms with Gasteiger partial charge >= 0.3 is 0 Å². The molecule has 0 radical (unpaired) electrons. The van der Waals surface area contributed by atoms with E-state index in [9.17, 15) is 9.18 Å². The van der Waals surface area contributed by atoms with Crippen molar-refractivity contribution in [3.8, 4) is 5.75 Å². The highest BCUT2D eigenvalue weighted by atomic mass is 19.1. The van der Waals surface area contributed by atoms with E-state index >= 15 is 0 Å². The third-order valence-corrected chi connectivity index (χ3v) is 7.42. The highest BCUT2D eigenvalue weighted by Gasteiger charge is 2.32. The first kappa shape index (κ1) is 25.1. The molecule has 0 amide bonds. The summed E-state index contributed by atoms with van der Waals surface area (Å²) in [7, 11) is 1.62. The van der Waals surface area contributed by atoms with Crippen LogP contribution in [0.1, 0.15) is 68.4 Å². The van der Waals surface area contributed by atoms with Gasteiger partial charge in [-0.25, -0.2) is 9.07 Å². The van der Waals surface area contributed by atoms with E-state index < -0.39 is 0 Å². The van der Waals surface area contributed by atoms with Crippen molar-refractivity contribution in [2.24, 2.45) is 0 Å². The van der Waals surface area contributed by atoms with E-state index in [4.69, 9.17) is 4.74 Å². The number of H-pyrrole nitrogens is 1. The first-order valence-electron chi connectivity index (χ1n) is 13.0. The molecule has 0 saturated heterocycles. The second-order valence-electron chi connectivity index (χ2n) is 9.79. The number of aromatic nitrogens is 5. The zero-order valence-corrected chi connectivity index (χ0v) is 21.4. The average Bonchev–Trinajstić information content (AvgIpc) is 3.38. The monoisotopic (exact) mass is 504 g/mol. The predicted molar refractivity (Wildman–Crippen MR) is 140 cm³/mol. The number of aromatic amines is 1. The molecular formula is C28H33FN6O2. The van der Waals surface area contributed by atoms with Gasteiger partial charge in [-0.15, -0.1) is 5.10 Å². The maximum Gasteiger partial charge on any atom is 0.252 e. The normalized spacial score (nSPS) is 15.4. The van der Waals surface area contributed by atoms with Crippen molar-refractivity contribution in [3.05, 3.63) is 81.7 Å². The summed E-state index contributed by atoms with van der Waals surface area (Å²) in [6.45, 7) is 3.09. The predicted octanol–water partition coefficient (Wildman–Crippen LogP) is 5.00. The SMILES string of the molecule is CCC(c1nnnn1Cc1ccc(F)cc1)N(Cc1cc2ccc(OC)cc2[nH]c1=O)C1CCCCC1. The van der Waals surface area contributed by atoms with Gasteiger partial charge in [0, 0.05) is 24.2 Å². The third kappa shape index (κ3) is 5.56. The lowest BCUT2D eigenvalue weighted by atomic mass is 9.92. The molecule has 0 spiro atoms. The number of nitrogens with one attached hydrogen (secondary N) is 1. The van der Waals surface area contributed by atoms with Crippen molar-refractivity contribution >= 4 is 10.9 Å². The molecule has 5 rings (SSSR count). The van der Waals surface area contributed by atoms with Crippen LogP contribution in [0, 0.1) is 5.82 Å². The second kappa shape index (κ2) is 11.2. The third-order valence-electron chi connectivity index (χ3n) is 7.42. The molecule has 1 unspecified atom stereocenters. The van der Waals surface area contributed by atoms with Gasteiger partial charge < -0.3 is 9.72 Å². The van der Waals surface area contributed by atoms with Crippen LogP contribution in [0.3, 0.4) is 0 Å². The molecule has 0 bridgehead atoms. The summed E-state index contributed by atoms with van der Waals surface area (Å²) < 4.78 is 20.5. The van der Waals surface area contributed by atoms with Gasteiger partial charge in [0.1, 0.15) is 11.6 Å². The molecule has 2 heterocycles. The smallest absolute Gasteiger partial charge is 0.252 e. The quantitative estimate of drug-likeness (QED) is 0.345. The van der Waals surface area contributed by atoms with Crippen molar-refractivity contribution in [3.63, 3.8) is 0 Å². The van der Waals surface area contributed by atoms with E-state index in [0.29, 0.717) is 24.9 Å². The van der Waals surface area contributed by atoms with E-state index in [1.54, 1.807) is 23.9 Å². The highest BCUT2D eigenvalue weighted by Crippen LogP contribution is 2.33. The molecule has 194 valence electrons. The van der Waals surface area contributed by atoms with Crippen molar-refractivity contribution in [2.45, 2.75) is 70.6 Å². The van der Waals surface area contributed by atoms with Crippen LogP contribution in [-0.2, 0) is 13.1 Å². The fourth-order valence-electron chi connectivity index (χ4n) is 5.46. The van der Waals surface area contributed by atoms with Gasteiger partial charge in [-0.3, -0.25) is 9.69 Å². The van der Waals surface area contributed by atoms with Crippen LogP contribution in [0.5, 0.6) is 5.75 Å². The van der Waals surface area contributed by atoms with Crippen molar-refractivity contribution in [1.29, 1.82) is 0 Å². The molecular weight excluding hydrogens is 471 g/mol. The Kier molecular flexibility index (Phi) is 7.60. The highest BCUT2D eigenvalue weighted by molar-refractivity contribution is 5.80. The van der Waals surface area contributed by atoms with Crippen LogP contribution in [0.15, 0.2) is 53.3 Å². The van der Waals surface area contributed by atoms with Gasteiger partial charge in [0.05, 0.1) is 25.2 Å². The zero-order chi connectivity index (χ0) is 25.8. The van der Waals surface area contributed by atoms with E-state index in [1.165, 1.54) is 31.4 Å². The van der Waals surface area contributed by atoms with Crippen LogP contribution in [0.4, 0.5) is 4.39 Å². The van der Waals surface area contributed by atoms with Gasteiger partial charge in [-0.1, -0.05) is 38.3 Å². The van der Waals surface area contributed by atoms with Gasteiger partial charge in [-0.05, 0) is 71.0 Å². The molecule has 0 aliphatic heterocycles. The molecule has 2 aromatic heterocycles. The largest absolute Gasteiger partial charge is 0.497 e. The fraction of sp³-hybridized carbons (Fsp3) is 0.429. The lowest BCUT2D eigenvalue weighted by molar-refractivity contribution is 0.0844. The standard InChI is InChI=1S/C28H33FN6O2/c1-3-26(27-31-32-33-35(27)17-19-9-12-22(29)13-10-19)34(23-7-5-4-6-8-23)18-21-15-20-11-14-24(37-2)16-25(20)30-28(21)36/h9-16,23,26H,3-8,17-18H2,1-2H3,(H,30,36). The number of fused-ring (bicyclic) bond motifs is 1. The first-order chi connectivity index (χ1) is 18.1. The number of hydrogen-bond donors (Lipinski definition) is 1. The number of hydrogen-bond acceptors (Lipinski definition) is 6. The summed E-state index contributed by atoms with van der Waals surface area (Å²) >= 11 is 0. The van der Waals surface area contributed by atoms with Crippen molar-refractivity contribution < 1.29 is 9.13 Å². The maximum atomic E-state index is 13.4. The van der Waals surface area contributed by atoms with E-state index in [2.05, 4.69) is 32.3 Å². The topological polar surface area (TPSA) is 88.9 Å². The summed E-state index contributed by atoms with van der Waals surface area (Å²) in [5, 5.41) is 13.7. The number of pyridine rings is 1. The first-order valence-corrected chi connectivity index (χ1v) is 13.0.